The molecule has 2 nitrogen and oxygen atoms in total. The fourth-order valence-electron chi connectivity index (χ4n) is 2.32. The SMILES string of the molecule is CCCCc1ccc2[nH]c(-c3ccccc3)nc2c1. The van der Waals surface area contributed by atoms with Crippen LogP contribution in [0.1, 0.15) is 25.3 Å². The first-order valence-corrected chi connectivity index (χ1v) is 6.91. The molecule has 0 spiro atoms. The Bertz CT molecular complexity index is 668. The molecule has 0 aliphatic heterocycles. The van der Waals surface area contributed by atoms with Gasteiger partial charge in [-0.1, -0.05) is 49.7 Å². The zero-order chi connectivity index (χ0) is 13.1. The molecule has 1 aromatic heterocycles. The highest BCUT2D eigenvalue weighted by Gasteiger charge is 2.05. The van der Waals surface area contributed by atoms with Crippen LogP contribution in [0.2, 0.25) is 0 Å². The summed E-state index contributed by atoms with van der Waals surface area (Å²) in [6, 6.07) is 16.8. The van der Waals surface area contributed by atoms with Gasteiger partial charge >= 0.3 is 0 Å². The highest BCUT2D eigenvalue weighted by molar-refractivity contribution is 5.80. The van der Waals surface area contributed by atoms with E-state index in [1.807, 2.05) is 18.2 Å². The third kappa shape index (κ3) is 2.53. The van der Waals surface area contributed by atoms with Gasteiger partial charge in [-0.05, 0) is 30.5 Å². The maximum atomic E-state index is 4.70. The molecule has 2 heteroatoms. The predicted octanol–water partition coefficient (Wildman–Crippen LogP) is 4.57. The van der Waals surface area contributed by atoms with Crippen LogP contribution >= 0.6 is 0 Å². The van der Waals surface area contributed by atoms with E-state index >= 15 is 0 Å². The van der Waals surface area contributed by atoms with Gasteiger partial charge in [-0.2, -0.15) is 0 Å². The molecule has 0 unspecified atom stereocenters. The molecule has 1 heterocycles. The summed E-state index contributed by atoms with van der Waals surface area (Å²) in [5, 5.41) is 0. The summed E-state index contributed by atoms with van der Waals surface area (Å²) < 4.78 is 0. The van der Waals surface area contributed by atoms with Gasteiger partial charge in [0.05, 0.1) is 11.0 Å². The second kappa shape index (κ2) is 5.27. The second-order valence-corrected chi connectivity index (χ2v) is 4.91. The average Bonchev–Trinajstić information content (AvgIpc) is 2.89. The lowest BCUT2D eigenvalue weighted by Crippen LogP contribution is -1.84. The number of unbranched alkanes of at least 4 members (excludes halogenated alkanes) is 1. The molecule has 0 fully saturated rings. The third-order valence-corrected chi connectivity index (χ3v) is 3.41. The summed E-state index contributed by atoms with van der Waals surface area (Å²) in [7, 11) is 0. The summed E-state index contributed by atoms with van der Waals surface area (Å²) in [4.78, 5) is 8.08. The van der Waals surface area contributed by atoms with Crippen LogP contribution in [0.5, 0.6) is 0 Å². The van der Waals surface area contributed by atoms with Crippen LogP contribution in [0.15, 0.2) is 48.5 Å². The summed E-state index contributed by atoms with van der Waals surface area (Å²) >= 11 is 0. The van der Waals surface area contributed by atoms with Crippen molar-refractivity contribution in [1.82, 2.24) is 9.97 Å². The van der Waals surface area contributed by atoms with E-state index in [1.54, 1.807) is 0 Å². The third-order valence-electron chi connectivity index (χ3n) is 3.41. The minimum Gasteiger partial charge on any atom is -0.338 e. The van der Waals surface area contributed by atoms with Gasteiger partial charge in [-0.3, -0.25) is 0 Å². The van der Waals surface area contributed by atoms with Crippen molar-refractivity contribution in [3.05, 3.63) is 54.1 Å². The Balaban J connectivity index is 1.97. The Morgan fingerprint density at radius 2 is 1.89 bits per heavy atom. The van der Waals surface area contributed by atoms with Crippen molar-refractivity contribution < 1.29 is 0 Å². The van der Waals surface area contributed by atoms with Gasteiger partial charge in [0.25, 0.3) is 0 Å². The second-order valence-electron chi connectivity index (χ2n) is 4.91. The van der Waals surface area contributed by atoms with E-state index in [2.05, 4.69) is 42.2 Å². The molecule has 2 aromatic carbocycles. The Labute approximate surface area is 113 Å². The molecule has 0 saturated carbocycles. The highest BCUT2D eigenvalue weighted by atomic mass is 14.9. The molecular formula is C17H18N2. The minimum absolute atomic E-state index is 0.947. The van der Waals surface area contributed by atoms with Crippen molar-refractivity contribution in [2.75, 3.05) is 0 Å². The van der Waals surface area contributed by atoms with Crippen molar-refractivity contribution in [2.24, 2.45) is 0 Å². The fraction of sp³-hybridized carbons (Fsp3) is 0.235. The molecule has 0 bridgehead atoms. The van der Waals surface area contributed by atoms with Crippen LogP contribution in [-0.2, 0) is 6.42 Å². The number of benzene rings is 2. The normalized spacial score (nSPS) is 11.0. The number of aromatic amines is 1. The van der Waals surface area contributed by atoms with Crippen molar-refractivity contribution in [3.63, 3.8) is 0 Å². The average molecular weight is 250 g/mol. The summed E-state index contributed by atoms with van der Waals surface area (Å²) in [6.07, 6.45) is 3.61. The van der Waals surface area contributed by atoms with Gasteiger partial charge in [-0.25, -0.2) is 4.98 Å². The van der Waals surface area contributed by atoms with E-state index in [4.69, 9.17) is 4.98 Å². The first kappa shape index (κ1) is 12.0. The molecular weight excluding hydrogens is 232 g/mol. The van der Waals surface area contributed by atoms with E-state index in [1.165, 1.54) is 18.4 Å². The first-order chi connectivity index (χ1) is 9.36. The molecule has 3 rings (SSSR count). The summed E-state index contributed by atoms with van der Waals surface area (Å²) in [5.41, 5.74) is 4.68. The van der Waals surface area contributed by atoms with E-state index in [-0.39, 0.29) is 0 Å². The van der Waals surface area contributed by atoms with Crippen molar-refractivity contribution in [3.8, 4) is 11.4 Å². The highest BCUT2D eigenvalue weighted by Crippen LogP contribution is 2.21. The Morgan fingerprint density at radius 1 is 1.05 bits per heavy atom. The Morgan fingerprint density at radius 3 is 2.68 bits per heavy atom. The van der Waals surface area contributed by atoms with Gasteiger partial charge in [0, 0.05) is 5.56 Å². The van der Waals surface area contributed by atoms with Crippen molar-refractivity contribution in [1.29, 1.82) is 0 Å². The van der Waals surface area contributed by atoms with Crippen LogP contribution in [0, 0.1) is 0 Å². The maximum Gasteiger partial charge on any atom is 0.138 e. The number of aromatic nitrogens is 2. The number of aryl methyl sites for hydroxylation is 1. The standard InChI is InChI=1S/C17H18N2/c1-2-3-7-13-10-11-15-16(12-13)19-17(18-15)14-8-5-4-6-9-14/h4-6,8-12H,2-3,7H2,1H3,(H,18,19). The van der Waals surface area contributed by atoms with Crippen LogP contribution in [0.25, 0.3) is 22.4 Å². The Hall–Kier alpha value is -2.09. The maximum absolute atomic E-state index is 4.70. The van der Waals surface area contributed by atoms with Crippen molar-refractivity contribution in [2.45, 2.75) is 26.2 Å². The molecule has 1 N–H and O–H groups in total. The zero-order valence-electron chi connectivity index (χ0n) is 11.2. The summed E-state index contributed by atoms with van der Waals surface area (Å²) in [6.45, 7) is 2.22. The fourth-order valence-corrected chi connectivity index (χ4v) is 2.32. The number of nitrogens with zero attached hydrogens (tertiary/aromatic N) is 1. The molecule has 19 heavy (non-hydrogen) atoms. The van der Waals surface area contributed by atoms with Gasteiger partial charge < -0.3 is 4.98 Å². The monoisotopic (exact) mass is 250 g/mol. The molecule has 0 saturated heterocycles. The molecule has 0 amide bonds. The van der Waals surface area contributed by atoms with E-state index < -0.39 is 0 Å². The topological polar surface area (TPSA) is 28.7 Å². The van der Waals surface area contributed by atoms with Gasteiger partial charge in [0.15, 0.2) is 0 Å². The van der Waals surface area contributed by atoms with Gasteiger partial charge in [-0.15, -0.1) is 0 Å². The van der Waals surface area contributed by atoms with E-state index in [0.717, 1.165) is 28.8 Å². The lowest BCUT2D eigenvalue weighted by atomic mass is 10.1. The predicted molar refractivity (Wildman–Crippen MR) is 80.1 cm³/mol. The largest absolute Gasteiger partial charge is 0.338 e. The number of hydrogen-bond donors (Lipinski definition) is 1. The molecule has 0 aliphatic carbocycles. The first-order valence-electron chi connectivity index (χ1n) is 6.91. The summed E-state index contributed by atoms with van der Waals surface area (Å²) in [5.74, 6) is 0.947. The van der Waals surface area contributed by atoms with Crippen LogP contribution in [0.4, 0.5) is 0 Å². The van der Waals surface area contributed by atoms with E-state index in [9.17, 15) is 0 Å². The zero-order valence-corrected chi connectivity index (χ0v) is 11.2. The molecule has 0 radical (unpaired) electrons. The Kier molecular flexibility index (Phi) is 3.32. The number of hydrogen-bond acceptors (Lipinski definition) is 1. The number of rotatable bonds is 4. The lowest BCUT2D eigenvalue weighted by Gasteiger charge is -1.98. The quantitative estimate of drug-likeness (QED) is 0.721. The molecule has 96 valence electrons. The molecule has 3 aromatic rings. The molecule has 0 aliphatic rings. The number of nitrogens with one attached hydrogen (secondary N) is 1. The number of H-pyrrole nitrogens is 1. The number of fused-ring (bicyclic) bond motifs is 1. The van der Waals surface area contributed by atoms with Crippen LogP contribution in [0.3, 0.4) is 0 Å². The molecule has 0 atom stereocenters. The van der Waals surface area contributed by atoms with Crippen LogP contribution in [-0.4, -0.2) is 9.97 Å². The smallest absolute Gasteiger partial charge is 0.138 e. The van der Waals surface area contributed by atoms with Gasteiger partial charge in [0.1, 0.15) is 5.82 Å². The van der Waals surface area contributed by atoms with E-state index in [0.29, 0.717) is 0 Å². The van der Waals surface area contributed by atoms with Crippen LogP contribution < -0.4 is 0 Å². The number of imidazole rings is 1. The van der Waals surface area contributed by atoms with Gasteiger partial charge in [0.2, 0.25) is 0 Å². The minimum atomic E-state index is 0.947. The lowest BCUT2D eigenvalue weighted by molar-refractivity contribution is 0.796. The van der Waals surface area contributed by atoms with Crippen molar-refractivity contribution >= 4 is 11.0 Å².